The van der Waals surface area contributed by atoms with Crippen molar-refractivity contribution < 1.29 is 9.76 Å². The molecule has 0 bridgehead atoms. The van der Waals surface area contributed by atoms with Crippen LogP contribution in [0.3, 0.4) is 0 Å². The lowest BCUT2D eigenvalue weighted by molar-refractivity contribution is -0.0893. The van der Waals surface area contributed by atoms with Crippen molar-refractivity contribution in [1.82, 2.24) is 0 Å². The molecule has 1 atom stereocenters. The van der Waals surface area contributed by atoms with E-state index in [1.54, 1.807) is 21.3 Å². The van der Waals surface area contributed by atoms with Gasteiger partial charge in [-0.2, -0.15) is 0 Å². The van der Waals surface area contributed by atoms with Crippen molar-refractivity contribution >= 4 is 43.3 Å². The van der Waals surface area contributed by atoms with Crippen LogP contribution in [0.4, 0.5) is 17.1 Å². The maximum absolute atomic E-state index is 10.3. The Hall–Kier alpha value is -2.49. The summed E-state index contributed by atoms with van der Waals surface area (Å²) in [5.74, 6) is 0.534. The molecule has 169 valence electrons. The van der Waals surface area contributed by atoms with Gasteiger partial charge in [-0.25, -0.2) is 0 Å². The third-order valence-electron chi connectivity index (χ3n) is 6.60. The van der Waals surface area contributed by atoms with Gasteiger partial charge in [0.1, 0.15) is 7.85 Å². The molecule has 5 heteroatoms. The van der Waals surface area contributed by atoms with Gasteiger partial charge in [0.15, 0.2) is 0 Å². The molecular weight excluding hydrogens is 404 g/mol. The number of rotatable bonds is 9. The maximum atomic E-state index is 10.3. The SMILES string of the molecule is [B]c1ccc(N(c2ccc([B]OC(C)(C)C(C)(C)O)cc2)c2ccc(C(C)CC)cc2)cc1. The van der Waals surface area contributed by atoms with Crippen LogP contribution in [0.2, 0.25) is 0 Å². The number of aliphatic hydroxyl groups is 1. The molecule has 0 saturated heterocycles. The second kappa shape index (κ2) is 10.2. The van der Waals surface area contributed by atoms with Gasteiger partial charge >= 0.3 is 7.48 Å². The van der Waals surface area contributed by atoms with Crippen molar-refractivity contribution in [2.75, 3.05) is 4.90 Å². The summed E-state index contributed by atoms with van der Waals surface area (Å²) < 4.78 is 5.91. The second-order valence-corrected chi connectivity index (χ2v) is 9.72. The number of benzene rings is 3. The summed E-state index contributed by atoms with van der Waals surface area (Å²) in [6, 6.07) is 24.9. The van der Waals surface area contributed by atoms with Crippen molar-refractivity contribution in [3.63, 3.8) is 0 Å². The molecular formula is C28H34B2NO2. The predicted molar refractivity (Wildman–Crippen MR) is 142 cm³/mol. The van der Waals surface area contributed by atoms with Crippen LogP contribution in [0.5, 0.6) is 0 Å². The Morgan fingerprint density at radius 1 is 0.848 bits per heavy atom. The fourth-order valence-electron chi connectivity index (χ4n) is 3.32. The minimum absolute atomic E-state index is 0.534. The summed E-state index contributed by atoms with van der Waals surface area (Å²) in [7, 11) is 7.64. The smallest absolute Gasteiger partial charge is 0.330 e. The molecule has 0 heterocycles. The number of anilines is 3. The normalized spacial score (nSPS) is 12.9. The summed E-state index contributed by atoms with van der Waals surface area (Å²) >= 11 is 0. The number of hydrogen-bond donors (Lipinski definition) is 1. The van der Waals surface area contributed by atoms with Gasteiger partial charge in [-0.3, -0.25) is 0 Å². The molecule has 3 aromatic carbocycles. The lowest BCUT2D eigenvalue weighted by Crippen LogP contribution is -2.49. The number of nitrogens with zero attached hydrogens (tertiary/aromatic N) is 1. The zero-order valence-corrected chi connectivity index (χ0v) is 20.7. The van der Waals surface area contributed by atoms with E-state index in [9.17, 15) is 5.11 Å². The van der Waals surface area contributed by atoms with Gasteiger partial charge in [-0.05, 0) is 82.0 Å². The highest BCUT2D eigenvalue weighted by Crippen LogP contribution is 2.34. The standard InChI is InChI=1S/C28H34B2NO2/c1-7-20(2)21-8-14-24(15-9-21)31(25-16-10-22(29)11-17-25)26-18-12-23(13-19-26)30-33-28(5,6)27(3,4)32/h8-20,32H,7H2,1-6H3. The largest absolute Gasteiger partial charge is 0.427 e. The molecule has 0 spiro atoms. The van der Waals surface area contributed by atoms with E-state index in [1.807, 2.05) is 50.2 Å². The Balaban J connectivity index is 1.89. The Morgan fingerprint density at radius 3 is 1.76 bits per heavy atom. The van der Waals surface area contributed by atoms with Gasteiger partial charge in [0.2, 0.25) is 0 Å². The monoisotopic (exact) mass is 438 g/mol. The molecule has 0 aromatic heterocycles. The van der Waals surface area contributed by atoms with Crippen LogP contribution >= 0.6 is 0 Å². The summed E-state index contributed by atoms with van der Waals surface area (Å²) in [6.45, 7) is 11.7. The van der Waals surface area contributed by atoms with Crippen LogP contribution in [0.15, 0.2) is 72.8 Å². The Bertz CT molecular complexity index is 1020. The van der Waals surface area contributed by atoms with Crippen LogP contribution in [0.1, 0.15) is 59.4 Å². The van der Waals surface area contributed by atoms with Crippen molar-refractivity contribution in [2.24, 2.45) is 0 Å². The van der Waals surface area contributed by atoms with Gasteiger partial charge in [-0.1, -0.05) is 61.2 Å². The van der Waals surface area contributed by atoms with E-state index in [0.717, 1.165) is 34.4 Å². The van der Waals surface area contributed by atoms with E-state index in [2.05, 4.69) is 55.1 Å². The quantitative estimate of drug-likeness (QED) is 0.462. The lowest BCUT2D eigenvalue weighted by atomic mass is 9.82. The highest BCUT2D eigenvalue weighted by atomic mass is 16.5. The van der Waals surface area contributed by atoms with Crippen LogP contribution in [-0.2, 0) is 4.65 Å². The minimum atomic E-state index is -0.961. The molecule has 3 aromatic rings. The van der Waals surface area contributed by atoms with Gasteiger partial charge < -0.3 is 14.7 Å². The first-order chi connectivity index (χ1) is 15.5. The molecule has 1 unspecified atom stereocenters. The molecule has 0 aliphatic rings. The predicted octanol–water partition coefficient (Wildman–Crippen LogP) is 5.27. The molecule has 1 N–H and O–H groups in total. The van der Waals surface area contributed by atoms with Crippen LogP contribution in [0, 0.1) is 0 Å². The third kappa shape index (κ3) is 6.10. The summed E-state index contributed by atoms with van der Waals surface area (Å²) in [6.07, 6.45) is 1.12. The first-order valence-corrected chi connectivity index (χ1v) is 11.6. The van der Waals surface area contributed by atoms with E-state index in [0.29, 0.717) is 5.92 Å². The van der Waals surface area contributed by atoms with Gasteiger partial charge in [0.05, 0.1) is 11.2 Å². The van der Waals surface area contributed by atoms with Gasteiger partial charge in [0.25, 0.3) is 0 Å². The molecule has 0 aliphatic heterocycles. The molecule has 3 nitrogen and oxygen atoms in total. The topological polar surface area (TPSA) is 32.7 Å². The molecule has 33 heavy (non-hydrogen) atoms. The third-order valence-corrected chi connectivity index (χ3v) is 6.60. The van der Waals surface area contributed by atoms with Crippen molar-refractivity contribution in [3.8, 4) is 0 Å². The molecule has 3 rings (SSSR count). The summed E-state index contributed by atoms with van der Waals surface area (Å²) in [5, 5.41) is 10.3. The average Bonchev–Trinajstić information content (AvgIpc) is 2.79. The second-order valence-electron chi connectivity index (χ2n) is 9.72. The molecule has 0 fully saturated rings. The Labute approximate surface area is 201 Å². The van der Waals surface area contributed by atoms with Gasteiger partial charge in [0, 0.05) is 17.1 Å². The highest BCUT2D eigenvalue weighted by Gasteiger charge is 2.35. The van der Waals surface area contributed by atoms with Gasteiger partial charge in [-0.15, -0.1) is 0 Å². The van der Waals surface area contributed by atoms with Crippen molar-refractivity contribution in [1.29, 1.82) is 0 Å². The Morgan fingerprint density at radius 2 is 1.30 bits per heavy atom. The Kier molecular flexibility index (Phi) is 7.76. The molecule has 0 saturated carbocycles. The molecule has 0 amide bonds. The van der Waals surface area contributed by atoms with Crippen molar-refractivity contribution in [2.45, 2.75) is 65.1 Å². The van der Waals surface area contributed by atoms with E-state index < -0.39 is 11.2 Å². The zero-order chi connectivity index (χ0) is 24.2. The van der Waals surface area contributed by atoms with Crippen LogP contribution in [0.25, 0.3) is 0 Å². The van der Waals surface area contributed by atoms with Crippen molar-refractivity contribution in [3.05, 3.63) is 78.4 Å². The van der Waals surface area contributed by atoms with E-state index >= 15 is 0 Å². The fraction of sp³-hybridized carbons (Fsp3) is 0.357. The molecule has 3 radical (unpaired) electrons. The number of hydrogen-bond acceptors (Lipinski definition) is 3. The van der Waals surface area contributed by atoms with Crippen LogP contribution in [-0.4, -0.2) is 31.6 Å². The van der Waals surface area contributed by atoms with E-state index in [-0.39, 0.29) is 0 Å². The molecule has 0 aliphatic carbocycles. The minimum Gasteiger partial charge on any atom is -0.427 e. The lowest BCUT2D eigenvalue weighted by Gasteiger charge is -2.37. The zero-order valence-electron chi connectivity index (χ0n) is 20.7. The highest BCUT2D eigenvalue weighted by molar-refractivity contribution is 6.47. The first kappa shape index (κ1) is 25.1. The fourth-order valence-corrected chi connectivity index (χ4v) is 3.32. The van der Waals surface area contributed by atoms with E-state index in [1.165, 1.54) is 5.56 Å². The summed E-state index contributed by atoms with van der Waals surface area (Å²) in [4.78, 5) is 2.21. The van der Waals surface area contributed by atoms with Crippen LogP contribution < -0.4 is 15.8 Å². The maximum Gasteiger partial charge on any atom is 0.330 e. The average molecular weight is 438 g/mol. The first-order valence-electron chi connectivity index (χ1n) is 11.6. The summed E-state index contributed by atoms with van der Waals surface area (Å²) in [5.41, 5.74) is 4.50. The van der Waals surface area contributed by atoms with E-state index in [4.69, 9.17) is 12.5 Å².